The van der Waals surface area contributed by atoms with Gasteiger partial charge in [-0.2, -0.15) is 0 Å². The van der Waals surface area contributed by atoms with Crippen molar-refractivity contribution in [3.8, 4) is 0 Å². The Bertz CT molecular complexity index is 263. The number of carbonyl (C=O) groups excluding carboxylic acids is 1. The Morgan fingerprint density at radius 1 is 1.50 bits per heavy atom. The maximum absolute atomic E-state index is 11.7. The molecule has 14 heavy (non-hydrogen) atoms. The molecule has 0 heterocycles. The molecular formula is C12H18O2. The SMILES string of the molecule is CCC[C@H]1C(=O)C=CC=C(OC)[C@@H]1C. The van der Waals surface area contributed by atoms with Gasteiger partial charge in [0.15, 0.2) is 5.78 Å². The molecule has 0 bridgehead atoms. The van der Waals surface area contributed by atoms with Crippen LogP contribution in [0, 0.1) is 11.8 Å². The van der Waals surface area contributed by atoms with E-state index >= 15 is 0 Å². The summed E-state index contributed by atoms with van der Waals surface area (Å²) in [5, 5.41) is 0. The molecule has 1 rings (SSSR count). The number of allylic oxidation sites excluding steroid dienone is 4. The Hall–Kier alpha value is -1.05. The molecule has 0 N–H and O–H groups in total. The summed E-state index contributed by atoms with van der Waals surface area (Å²) in [6.07, 6.45) is 7.30. The molecule has 78 valence electrons. The van der Waals surface area contributed by atoms with Crippen LogP contribution in [0.5, 0.6) is 0 Å². The molecular weight excluding hydrogens is 176 g/mol. The van der Waals surface area contributed by atoms with E-state index in [1.54, 1.807) is 19.3 Å². The van der Waals surface area contributed by atoms with Crippen molar-refractivity contribution in [2.45, 2.75) is 26.7 Å². The van der Waals surface area contributed by atoms with Crippen molar-refractivity contribution < 1.29 is 9.53 Å². The Morgan fingerprint density at radius 2 is 2.21 bits per heavy atom. The normalized spacial score (nSPS) is 27.1. The van der Waals surface area contributed by atoms with Crippen molar-refractivity contribution in [3.05, 3.63) is 24.0 Å². The maximum atomic E-state index is 11.7. The van der Waals surface area contributed by atoms with Gasteiger partial charge in [0.05, 0.1) is 12.9 Å². The van der Waals surface area contributed by atoms with E-state index in [-0.39, 0.29) is 17.6 Å². The fourth-order valence-corrected chi connectivity index (χ4v) is 1.92. The maximum Gasteiger partial charge on any atom is 0.159 e. The average molecular weight is 194 g/mol. The van der Waals surface area contributed by atoms with E-state index in [0.717, 1.165) is 18.6 Å². The predicted octanol–water partition coefficient (Wildman–Crippen LogP) is 2.71. The van der Waals surface area contributed by atoms with Gasteiger partial charge < -0.3 is 4.74 Å². The molecule has 0 saturated carbocycles. The molecule has 0 spiro atoms. The van der Waals surface area contributed by atoms with E-state index in [4.69, 9.17) is 4.74 Å². The fraction of sp³-hybridized carbons (Fsp3) is 0.583. The highest BCUT2D eigenvalue weighted by Crippen LogP contribution is 2.28. The summed E-state index contributed by atoms with van der Waals surface area (Å²) < 4.78 is 5.27. The van der Waals surface area contributed by atoms with Crippen LogP contribution in [0.2, 0.25) is 0 Å². The lowest BCUT2D eigenvalue weighted by Crippen LogP contribution is -2.21. The van der Waals surface area contributed by atoms with E-state index in [2.05, 4.69) is 13.8 Å². The molecule has 2 atom stereocenters. The summed E-state index contributed by atoms with van der Waals surface area (Å²) in [6.45, 7) is 4.16. The van der Waals surface area contributed by atoms with E-state index in [0.29, 0.717) is 0 Å². The number of hydrogen-bond acceptors (Lipinski definition) is 2. The third-order valence-electron chi connectivity index (χ3n) is 2.77. The summed E-state index contributed by atoms with van der Waals surface area (Å²) in [5.74, 6) is 1.42. The van der Waals surface area contributed by atoms with Gasteiger partial charge in [-0.15, -0.1) is 0 Å². The predicted molar refractivity (Wildman–Crippen MR) is 56.8 cm³/mol. The first-order valence-electron chi connectivity index (χ1n) is 5.16. The summed E-state index contributed by atoms with van der Waals surface area (Å²) in [7, 11) is 1.66. The molecule has 0 aromatic carbocycles. The molecule has 2 heteroatoms. The fourth-order valence-electron chi connectivity index (χ4n) is 1.92. The first kappa shape index (κ1) is 11.0. The van der Waals surface area contributed by atoms with Crippen molar-refractivity contribution in [2.75, 3.05) is 7.11 Å². The van der Waals surface area contributed by atoms with Crippen LogP contribution in [0.3, 0.4) is 0 Å². The van der Waals surface area contributed by atoms with Crippen molar-refractivity contribution in [3.63, 3.8) is 0 Å². The molecule has 0 saturated heterocycles. The third-order valence-corrected chi connectivity index (χ3v) is 2.77. The molecule has 1 aliphatic carbocycles. The zero-order valence-electron chi connectivity index (χ0n) is 9.12. The van der Waals surface area contributed by atoms with Crippen LogP contribution in [0.25, 0.3) is 0 Å². The summed E-state index contributed by atoms with van der Waals surface area (Å²) in [4.78, 5) is 11.7. The molecule has 1 aliphatic rings. The molecule has 0 fully saturated rings. The molecule has 0 aromatic heterocycles. The van der Waals surface area contributed by atoms with Crippen LogP contribution in [0.15, 0.2) is 24.0 Å². The summed E-state index contributed by atoms with van der Waals surface area (Å²) >= 11 is 0. The Balaban J connectivity index is 2.85. The molecule has 0 aromatic rings. The van der Waals surface area contributed by atoms with Gasteiger partial charge in [-0.1, -0.05) is 26.3 Å². The van der Waals surface area contributed by atoms with Gasteiger partial charge in [-0.25, -0.2) is 0 Å². The highest BCUT2D eigenvalue weighted by molar-refractivity contribution is 5.92. The Morgan fingerprint density at radius 3 is 2.79 bits per heavy atom. The van der Waals surface area contributed by atoms with Gasteiger partial charge in [0.1, 0.15) is 0 Å². The van der Waals surface area contributed by atoms with Crippen molar-refractivity contribution in [1.82, 2.24) is 0 Å². The topological polar surface area (TPSA) is 26.3 Å². The van der Waals surface area contributed by atoms with E-state index < -0.39 is 0 Å². The lowest BCUT2D eigenvalue weighted by molar-refractivity contribution is -0.119. The van der Waals surface area contributed by atoms with Crippen LogP contribution in [-0.2, 0) is 9.53 Å². The van der Waals surface area contributed by atoms with Gasteiger partial charge in [0.2, 0.25) is 0 Å². The second-order valence-electron chi connectivity index (χ2n) is 3.72. The summed E-state index contributed by atoms with van der Waals surface area (Å²) in [6, 6.07) is 0. The second kappa shape index (κ2) is 4.99. The zero-order chi connectivity index (χ0) is 10.6. The second-order valence-corrected chi connectivity index (χ2v) is 3.72. The molecule has 0 unspecified atom stereocenters. The highest BCUT2D eigenvalue weighted by Gasteiger charge is 2.27. The third kappa shape index (κ3) is 2.25. The largest absolute Gasteiger partial charge is 0.501 e. The van der Waals surface area contributed by atoms with Crippen molar-refractivity contribution >= 4 is 5.78 Å². The average Bonchev–Trinajstić information content (AvgIpc) is 2.30. The van der Waals surface area contributed by atoms with Crippen LogP contribution in [-0.4, -0.2) is 12.9 Å². The van der Waals surface area contributed by atoms with Gasteiger partial charge >= 0.3 is 0 Å². The standard InChI is InChI=1S/C12H18O2/c1-4-6-10-9(2)12(14-3)8-5-7-11(10)13/h5,7-10H,4,6H2,1-3H3/t9-,10-/m1/s1. The number of methoxy groups -OCH3 is 1. The van der Waals surface area contributed by atoms with E-state index in [1.165, 1.54) is 0 Å². The lowest BCUT2D eigenvalue weighted by atomic mass is 9.86. The van der Waals surface area contributed by atoms with Gasteiger partial charge in [-0.05, 0) is 18.6 Å². The first-order chi connectivity index (χ1) is 6.70. The minimum absolute atomic E-state index is 0.0879. The van der Waals surface area contributed by atoms with Crippen LogP contribution in [0.4, 0.5) is 0 Å². The minimum Gasteiger partial charge on any atom is -0.501 e. The Labute approximate surface area is 85.6 Å². The van der Waals surface area contributed by atoms with Gasteiger partial charge in [-0.3, -0.25) is 4.79 Å². The monoisotopic (exact) mass is 194 g/mol. The number of rotatable bonds is 3. The summed E-state index contributed by atoms with van der Waals surface area (Å²) in [5.41, 5.74) is 0. The van der Waals surface area contributed by atoms with Gasteiger partial charge in [0, 0.05) is 11.8 Å². The molecule has 0 aliphatic heterocycles. The van der Waals surface area contributed by atoms with Crippen molar-refractivity contribution in [1.29, 1.82) is 0 Å². The quantitative estimate of drug-likeness (QED) is 0.690. The molecule has 0 amide bonds. The first-order valence-corrected chi connectivity index (χ1v) is 5.16. The van der Waals surface area contributed by atoms with Gasteiger partial charge in [0.25, 0.3) is 0 Å². The van der Waals surface area contributed by atoms with Crippen molar-refractivity contribution in [2.24, 2.45) is 11.8 Å². The van der Waals surface area contributed by atoms with E-state index in [9.17, 15) is 4.79 Å². The van der Waals surface area contributed by atoms with E-state index in [1.807, 2.05) is 6.08 Å². The molecule has 2 nitrogen and oxygen atoms in total. The number of carbonyl (C=O) groups is 1. The minimum atomic E-state index is 0.0879. The Kier molecular flexibility index (Phi) is 3.93. The zero-order valence-corrected chi connectivity index (χ0v) is 9.12. The van der Waals surface area contributed by atoms with Crippen LogP contribution >= 0.6 is 0 Å². The van der Waals surface area contributed by atoms with Crippen LogP contribution < -0.4 is 0 Å². The number of ketones is 1. The molecule has 0 radical (unpaired) electrons. The number of hydrogen-bond donors (Lipinski definition) is 0. The number of ether oxygens (including phenoxy) is 1. The smallest absolute Gasteiger partial charge is 0.159 e. The lowest BCUT2D eigenvalue weighted by Gasteiger charge is -2.21. The van der Waals surface area contributed by atoms with Crippen LogP contribution in [0.1, 0.15) is 26.7 Å². The highest BCUT2D eigenvalue weighted by atomic mass is 16.5.